The molecule has 0 saturated heterocycles. The van der Waals surface area contributed by atoms with Crippen LogP contribution in [0.5, 0.6) is 5.75 Å². The molecule has 1 aromatic carbocycles. The second-order valence-electron chi connectivity index (χ2n) is 2.88. The van der Waals surface area contributed by atoms with Gasteiger partial charge in [-0.1, -0.05) is 0 Å². The van der Waals surface area contributed by atoms with Gasteiger partial charge in [0.05, 0.1) is 10.5 Å². The van der Waals surface area contributed by atoms with Crippen molar-refractivity contribution in [1.29, 1.82) is 0 Å². The third-order valence-electron chi connectivity index (χ3n) is 1.77. The van der Waals surface area contributed by atoms with E-state index in [0.29, 0.717) is 5.39 Å². The predicted molar refractivity (Wildman–Crippen MR) is 45.2 cm³/mol. The number of benzene rings is 1. The van der Waals surface area contributed by atoms with E-state index in [1.54, 1.807) is 0 Å². The highest BCUT2D eigenvalue weighted by atomic mass is 19.4. The fourth-order valence-electron chi connectivity index (χ4n) is 1.18. The van der Waals surface area contributed by atoms with Gasteiger partial charge in [-0.05, 0) is 12.1 Å². The van der Waals surface area contributed by atoms with Crippen molar-refractivity contribution in [1.82, 2.24) is 10.3 Å². The minimum atomic E-state index is -4.79. The molecule has 0 unspecified atom stereocenters. The van der Waals surface area contributed by atoms with Crippen molar-refractivity contribution in [3.05, 3.63) is 29.6 Å². The van der Waals surface area contributed by atoms with E-state index in [-0.39, 0.29) is 10.4 Å². The third-order valence-corrected chi connectivity index (χ3v) is 1.77. The molecule has 0 aliphatic rings. The lowest BCUT2D eigenvalue weighted by atomic mass is 10.2. The van der Waals surface area contributed by atoms with E-state index in [1.165, 1.54) is 12.3 Å². The molecule has 0 bridgehead atoms. The van der Waals surface area contributed by atoms with Crippen LogP contribution in [0.1, 0.15) is 0 Å². The molecule has 0 N–H and O–H groups in total. The summed E-state index contributed by atoms with van der Waals surface area (Å²) in [6.45, 7) is 0. The largest absolute Gasteiger partial charge is 0.691 e. The van der Waals surface area contributed by atoms with Gasteiger partial charge in [0, 0.05) is 6.07 Å². The molecule has 0 fully saturated rings. The quantitative estimate of drug-likeness (QED) is 0.545. The Labute approximate surface area is 86.6 Å². The zero-order valence-corrected chi connectivity index (χ0v) is 7.60. The molecule has 0 saturated carbocycles. The van der Waals surface area contributed by atoms with E-state index in [9.17, 15) is 18.4 Å². The number of aromatic nitrogens is 3. The summed E-state index contributed by atoms with van der Waals surface area (Å²) >= 11 is 0. The van der Waals surface area contributed by atoms with Gasteiger partial charge in [-0.15, -0.1) is 18.0 Å². The zero-order chi connectivity index (χ0) is 11.8. The van der Waals surface area contributed by atoms with E-state index in [2.05, 4.69) is 15.0 Å². The van der Waals surface area contributed by atoms with Gasteiger partial charge in [0.1, 0.15) is 11.0 Å². The van der Waals surface area contributed by atoms with Crippen LogP contribution in [0.15, 0.2) is 24.4 Å². The molecule has 16 heavy (non-hydrogen) atoms. The normalized spacial score (nSPS) is 11.7. The number of fused-ring (bicyclic) bond motifs is 1. The topological polar surface area (TPSA) is 62.0 Å². The summed E-state index contributed by atoms with van der Waals surface area (Å²) in [4.78, 5) is 0.124. The highest BCUT2D eigenvalue weighted by Gasteiger charge is 2.31. The molecule has 0 aliphatic heterocycles. The Kier molecular flexibility index (Phi) is 2.26. The Morgan fingerprint density at radius 1 is 1.31 bits per heavy atom. The molecule has 0 amide bonds. The Morgan fingerprint density at radius 3 is 2.75 bits per heavy atom. The number of ether oxygens (including phenoxy) is 1. The second kappa shape index (κ2) is 3.47. The first-order valence-corrected chi connectivity index (χ1v) is 4.07. The van der Waals surface area contributed by atoms with Gasteiger partial charge in [-0.2, -0.15) is 0 Å². The number of hydrogen-bond donors (Lipinski definition) is 0. The van der Waals surface area contributed by atoms with Crippen molar-refractivity contribution < 1.29 is 22.8 Å². The van der Waals surface area contributed by atoms with Gasteiger partial charge >= 0.3 is 6.36 Å². The predicted octanol–water partition coefficient (Wildman–Crippen LogP) is 1.16. The van der Waals surface area contributed by atoms with Crippen LogP contribution < -0.4 is 9.58 Å². The van der Waals surface area contributed by atoms with Crippen LogP contribution in [0.2, 0.25) is 0 Å². The molecule has 1 aromatic heterocycles. The molecule has 5 nitrogen and oxygen atoms in total. The number of nitrogens with zero attached hydrogens (tertiary/aromatic N) is 3. The highest BCUT2D eigenvalue weighted by Crippen LogP contribution is 2.24. The third kappa shape index (κ3) is 2.10. The molecular formula is C8H4F3N3O2. The lowest BCUT2D eigenvalue weighted by Crippen LogP contribution is -2.32. The van der Waals surface area contributed by atoms with E-state index < -0.39 is 12.1 Å². The van der Waals surface area contributed by atoms with Crippen LogP contribution >= 0.6 is 0 Å². The smallest absolute Gasteiger partial charge is 0.573 e. The minimum Gasteiger partial charge on any atom is -0.691 e. The molecule has 0 atom stereocenters. The van der Waals surface area contributed by atoms with Gasteiger partial charge in [0.15, 0.2) is 11.7 Å². The summed E-state index contributed by atoms with van der Waals surface area (Å²) in [7, 11) is 0. The van der Waals surface area contributed by atoms with Crippen molar-refractivity contribution in [3.8, 4) is 5.75 Å². The van der Waals surface area contributed by atoms with Gasteiger partial charge < -0.3 is 9.94 Å². The van der Waals surface area contributed by atoms with Crippen LogP contribution in [0.3, 0.4) is 0 Å². The Hall–Kier alpha value is -2.12. The Bertz CT molecular complexity index is 529. The molecule has 2 aromatic rings. The molecular weight excluding hydrogens is 227 g/mol. The van der Waals surface area contributed by atoms with Crippen molar-refractivity contribution in [2.75, 3.05) is 0 Å². The maximum absolute atomic E-state index is 11.9. The standard InChI is InChI=1S/C8H4F3N3O2/c9-8(10,11)16-6-2-1-5-4-12-13-14(15)7(5)3-6/h1-4H. The maximum atomic E-state index is 11.9. The van der Waals surface area contributed by atoms with Gasteiger partial charge in [0.25, 0.3) is 0 Å². The fraction of sp³-hybridized carbons (Fsp3) is 0.125. The van der Waals surface area contributed by atoms with Crippen LogP contribution in [0, 0.1) is 5.21 Å². The van der Waals surface area contributed by atoms with E-state index >= 15 is 0 Å². The number of halogens is 3. The first kappa shape index (κ1) is 10.4. The van der Waals surface area contributed by atoms with Gasteiger partial charge in [-0.25, -0.2) is 0 Å². The Morgan fingerprint density at radius 2 is 2.06 bits per heavy atom. The molecule has 0 aliphatic carbocycles. The van der Waals surface area contributed by atoms with E-state index in [4.69, 9.17) is 0 Å². The van der Waals surface area contributed by atoms with Crippen molar-refractivity contribution >= 4 is 10.9 Å². The molecule has 1 heterocycles. The number of alkyl halides is 3. The average Bonchev–Trinajstić information content (AvgIpc) is 2.17. The first-order chi connectivity index (χ1) is 7.46. The molecule has 2 rings (SSSR count). The zero-order valence-electron chi connectivity index (χ0n) is 7.60. The number of hydrogen-bond acceptors (Lipinski definition) is 4. The van der Waals surface area contributed by atoms with Crippen LogP contribution in [0.4, 0.5) is 13.2 Å². The first-order valence-electron chi connectivity index (χ1n) is 4.07. The summed E-state index contributed by atoms with van der Waals surface area (Å²) in [5.41, 5.74) is -0.0447. The average molecular weight is 231 g/mol. The van der Waals surface area contributed by atoms with Crippen LogP contribution in [-0.2, 0) is 0 Å². The van der Waals surface area contributed by atoms with Crippen molar-refractivity contribution in [2.24, 2.45) is 0 Å². The van der Waals surface area contributed by atoms with Gasteiger partial charge in [0.2, 0.25) is 0 Å². The highest BCUT2D eigenvalue weighted by molar-refractivity contribution is 5.75. The van der Waals surface area contributed by atoms with Crippen molar-refractivity contribution in [3.63, 3.8) is 0 Å². The van der Waals surface area contributed by atoms with Crippen LogP contribution in [-0.4, -0.2) is 16.7 Å². The fourth-order valence-corrected chi connectivity index (χ4v) is 1.18. The summed E-state index contributed by atoms with van der Waals surface area (Å²) < 4.78 is 39.4. The molecule has 8 heteroatoms. The summed E-state index contributed by atoms with van der Waals surface area (Å²) in [6.07, 6.45) is -3.52. The second-order valence-corrected chi connectivity index (χ2v) is 2.88. The lowest BCUT2D eigenvalue weighted by Gasteiger charge is -2.09. The molecule has 0 radical (unpaired) electrons. The summed E-state index contributed by atoms with van der Waals surface area (Å²) in [5.74, 6) is -0.474. The van der Waals surface area contributed by atoms with Crippen molar-refractivity contribution in [2.45, 2.75) is 6.36 Å². The number of rotatable bonds is 1. The monoisotopic (exact) mass is 231 g/mol. The lowest BCUT2D eigenvalue weighted by molar-refractivity contribution is -0.648. The minimum absolute atomic E-state index is 0.0447. The maximum Gasteiger partial charge on any atom is 0.573 e. The van der Waals surface area contributed by atoms with E-state index in [1.807, 2.05) is 0 Å². The van der Waals surface area contributed by atoms with Crippen LogP contribution in [0.25, 0.3) is 10.9 Å². The van der Waals surface area contributed by atoms with Gasteiger partial charge in [-0.3, -0.25) is 0 Å². The molecule has 84 valence electrons. The molecule has 0 spiro atoms. The summed E-state index contributed by atoms with van der Waals surface area (Å²) in [6, 6.07) is 3.33. The SMILES string of the molecule is [O-][n+]1nncc2ccc(OC(F)(F)F)cc21. The summed E-state index contributed by atoms with van der Waals surface area (Å²) in [5, 5.41) is 18.0. The van der Waals surface area contributed by atoms with E-state index in [0.717, 1.165) is 12.1 Å². The Balaban J connectivity index is 2.47.